The predicted octanol–water partition coefficient (Wildman–Crippen LogP) is 2.19. The van der Waals surface area contributed by atoms with E-state index in [0.717, 1.165) is 11.6 Å². The zero-order chi connectivity index (χ0) is 21.3. The molecule has 2 rings (SSSR count). The van der Waals surface area contributed by atoms with Crippen LogP contribution in [0.15, 0.2) is 66.8 Å². The van der Waals surface area contributed by atoms with Crippen LogP contribution in [-0.2, 0) is 30.3 Å². The van der Waals surface area contributed by atoms with E-state index in [2.05, 4.69) is 5.32 Å². The molecule has 1 saturated heterocycles. The summed E-state index contributed by atoms with van der Waals surface area (Å²) in [5.41, 5.74) is 0.280. The fraction of sp³-hybridized carbons (Fsp3) is 0.318. The number of carbonyl (C=O) groups is 3. The minimum atomic E-state index is -1.04. The maximum absolute atomic E-state index is 12.8. The molecule has 29 heavy (non-hydrogen) atoms. The van der Waals surface area contributed by atoms with Gasteiger partial charge >= 0.3 is 11.9 Å². The molecule has 0 spiro atoms. The smallest absolute Gasteiger partial charge is 0.329 e. The van der Waals surface area contributed by atoms with Gasteiger partial charge < -0.3 is 19.9 Å². The van der Waals surface area contributed by atoms with E-state index in [0.29, 0.717) is 13.0 Å². The highest BCUT2D eigenvalue weighted by Gasteiger charge is 2.48. The van der Waals surface area contributed by atoms with Gasteiger partial charge in [-0.05, 0) is 18.6 Å². The third-order valence-electron chi connectivity index (χ3n) is 4.25. The summed E-state index contributed by atoms with van der Waals surface area (Å²) >= 11 is 0. The minimum Gasteiger partial charge on any atom is -0.478 e. The number of benzene rings is 1. The van der Waals surface area contributed by atoms with Gasteiger partial charge in [0.05, 0.1) is 6.61 Å². The number of aliphatic carboxylic acids is 1. The van der Waals surface area contributed by atoms with Crippen molar-refractivity contribution in [1.29, 1.82) is 0 Å². The van der Waals surface area contributed by atoms with Crippen molar-refractivity contribution in [2.45, 2.75) is 38.0 Å². The second kappa shape index (κ2) is 10.4. The van der Waals surface area contributed by atoms with E-state index < -0.39 is 29.7 Å². The molecule has 1 amide bonds. The van der Waals surface area contributed by atoms with Crippen molar-refractivity contribution in [3.63, 3.8) is 0 Å². The summed E-state index contributed by atoms with van der Waals surface area (Å²) in [6.07, 6.45) is 8.56. The zero-order valence-electron chi connectivity index (χ0n) is 16.4. The van der Waals surface area contributed by atoms with Crippen molar-refractivity contribution >= 4 is 17.8 Å². The first-order valence-corrected chi connectivity index (χ1v) is 9.20. The monoisotopic (exact) mass is 399 g/mol. The van der Waals surface area contributed by atoms with Gasteiger partial charge in [-0.2, -0.15) is 0 Å². The van der Waals surface area contributed by atoms with E-state index in [1.807, 2.05) is 37.3 Å². The van der Waals surface area contributed by atoms with Gasteiger partial charge in [-0.25, -0.2) is 9.59 Å². The largest absolute Gasteiger partial charge is 0.478 e. The first kappa shape index (κ1) is 22.1. The molecular weight excluding hydrogens is 374 g/mol. The van der Waals surface area contributed by atoms with Crippen molar-refractivity contribution in [2.24, 2.45) is 0 Å². The lowest BCUT2D eigenvalue weighted by Gasteiger charge is -2.22. The Bertz CT molecular complexity index is 808. The standard InChI is InChI=1S/C22H25NO6/c1-16(24)23-18(14-17-10-6-5-7-11-17)21(27)29-19(22(2)15-28-22)12-8-3-4-9-13-20(25)26/h3-13,18-19H,14-15H2,1-2H3,(H,23,24)(H,25,26)/t18-,19+,22-/m0/s1. The van der Waals surface area contributed by atoms with E-state index in [4.69, 9.17) is 14.6 Å². The highest BCUT2D eigenvalue weighted by atomic mass is 16.6. The van der Waals surface area contributed by atoms with E-state index in [9.17, 15) is 14.4 Å². The van der Waals surface area contributed by atoms with E-state index in [-0.39, 0.29) is 5.91 Å². The molecule has 7 heteroatoms. The molecule has 0 radical (unpaired) electrons. The van der Waals surface area contributed by atoms with Crippen LogP contribution in [0.3, 0.4) is 0 Å². The number of allylic oxidation sites excluding steroid dienone is 4. The number of esters is 1. The molecule has 2 N–H and O–H groups in total. The molecule has 1 fully saturated rings. The van der Waals surface area contributed by atoms with E-state index in [1.165, 1.54) is 13.0 Å². The number of nitrogens with one attached hydrogen (secondary N) is 1. The molecule has 7 nitrogen and oxygen atoms in total. The average molecular weight is 399 g/mol. The Balaban J connectivity index is 2.06. The van der Waals surface area contributed by atoms with Crippen molar-refractivity contribution in [2.75, 3.05) is 6.61 Å². The predicted molar refractivity (Wildman–Crippen MR) is 107 cm³/mol. The zero-order valence-corrected chi connectivity index (χ0v) is 16.4. The highest BCUT2D eigenvalue weighted by molar-refractivity contribution is 5.83. The summed E-state index contributed by atoms with van der Waals surface area (Å²) < 4.78 is 11.1. The Morgan fingerprint density at radius 3 is 2.45 bits per heavy atom. The summed E-state index contributed by atoms with van der Waals surface area (Å²) in [6, 6.07) is 8.53. The van der Waals surface area contributed by atoms with Crippen LogP contribution in [0.25, 0.3) is 0 Å². The minimum absolute atomic E-state index is 0.313. The maximum atomic E-state index is 12.8. The van der Waals surface area contributed by atoms with Crippen molar-refractivity contribution in [1.82, 2.24) is 5.32 Å². The lowest BCUT2D eigenvalue weighted by molar-refractivity contribution is -0.153. The molecule has 1 aliphatic heterocycles. The fourth-order valence-corrected chi connectivity index (χ4v) is 2.57. The topological polar surface area (TPSA) is 105 Å². The number of rotatable bonds is 10. The normalized spacial score (nSPS) is 20.6. The number of amides is 1. The van der Waals surface area contributed by atoms with Crippen LogP contribution in [0.2, 0.25) is 0 Å². The van der Waals surface area contributed by atoms with Gasteiger partial charge in [-0.15, -0.1) is 0 Å². The van der Waals surface area contributed by atoms with Gasteiger partial charge in [0.1, 0.15) is 11.6 Å². The number of carbonyl (C=O) groups excluding carboxylic acids is 2. The summed E-state index contributed by atoms with van der Waals surface area (Å²) in [7, 11) is 0. The average Bonchev–Trinajstić information content (AvgIpc) is 3.41. The lowest BCUT2D eigenvalue weighted by Crippen LogP contribution is -2.45. The van der Waals surface area contributed by atoms with Crippen LogP contribution in [0.4, 0.5) is 0 Å². The molecule has 154 valence electrons. The summed E-state index contributed by atoms with van der Waals surface area (Å²) in [5, 5.41) is 11.2. The van der Waals surface area contributed by atoms with Crippen molar-refractivity contribution in [3.8, 4) is 0 Å². The SMILES string of the molecule is CC(=O)N[C@@H](Cc1ccccc1)C(=O)O[C@H](C=CC=CC=CC(=O)O)[C@]1(C)CO1. The molecule has 0 saturated carbocycles. The van der Waals surface area contributed by atoms with E-state index >= 15 is 0 Å². The van der Waals surface area contributed by atoms with Gasteiger partial charge in [-0.1, -0.05) is 54.6 Å². The molecule has 3 atom stereocenters. The number of ether oxygens (including phenoxy) is 2. The Morgan fingerprint density at radius 1 is 1.21 bits per heavy atom. The van der Waals surface area contributed by atoms with Crippen molar-refractivity contribution < 1.29 is 29.0 Å². The molecule has 1 aromatic rings. The quantitative estimate of drug-likeness (QED) is 0.270. The second-order valence-electron chi connectivity index (χ2n) is 6.87. The molecule has 1 aliphatic rings. The Hall–Kier alpha value is -3.19. The highest BCUT2D eigenvalue weighted by Crippen LogP contribution is 2.33. The molecule has 0 bridgehead atoms. The maximum Gasteiger partial charge on any atom is 0.329 e. The van der Waals surface area contributed by atoms with Gasteiger partial charge in [0, 0.05) is 19.4 Å². The molecular formula is C22H25NO6. The number of epoxide rings is 1. The van der Waals surface area contributed by atoms with Gasteiger partial charge in [0.15, 0.2) is 6.10 Å². The number of carboxylic acids is 1. The molecule has 1 heterocycles. The number of hydrogen-bond donors (Lipinski definition) is 2. The lowest BCUT2D eigenvalue weighted by atomic mass is 10.0. The van der Waals surface area contributed by atoms with Crippen LogP contribution in [0, 0.1) is 0 Å². The first-order valence-electron chi connectivity index (χ1n) is 9.20. The fourth-order valence-electron chi connectivity index (χ4n) is 2.57. The van der Waals surface area contributed by atoms with Gasteiger partial charge in [0.2, 0.25) is 5.91 Å². The van der Waals surface area contributed by atoms with Gasteiger partial charge in [-0.3, -0.25) is 4.79 Å². The van der Waals surface area contributed by atoms with Crippen molar-refractivity contribution in [3.05, 3.63) is 72.4 Å². The molecule has 1 aromatic carbocycles. The van der Waals surface area contributed by atoms with E-state index in [1.54, 1.807) is 24.3 Å². The first-order chi connectivity index (χ1) is 13.8. The third kappa shape index (κ3) is 7.75. The number of carboxylic acid groups (broad SMARTS) is 1. The summed E-state index contributed by atoms with van der Waals surface area (Å²) in [4.78, 5) is 34.7. The molecule has 0 aliphatic carbocycles. The Morgan fingerprint density at radius 2 is 1.86 bits per heavy atom. The van der Waals surface area contributed by atoms with Gasteiger partial charge in [0.25, 0.3) is 0 Å². The molecule has 0 aromatic heterocycles. The Labute approximate surface area is 169 Å². The number of hydrogen-bond acceptors (Lipinski definition) is 5. The molecule has 0 unspecified atom stereocenters. The van der Waals surface area contributed by atoms with Crippen LogP contribution in [0.1, 0.15) is 19.4 Å². The third-order valence-corrected chi connectivity index (χ3v) is 4.25. The van der Waals surface area contributed by atoms with Crippen LogP contribution < -0.4 is 5.32 Å². The van der Waals surface area contributed by atoms with Crippen LogP contribution in [0.5, 0.6) is 0 Å². The second-order valence-corrected chi connectivity index (χ2v) is 6.87. The van der Waals surface area contributed by atoms with Crippen LogP contribution >= 0.6 is 0 Å². The Kier molecular flexibility index (Phi) is 7.91. The van der Waals surface area contributed by atoms with Crippen LogP contribution in [-0.4, -0.2) is 47.3 Å². The summed E-state index contributed by atoms with van der Waals surface area (Å²) in [5.74, 6) is -1.91. The summed E-state index contributed by atoms with van der Waals surface area (Å²) in [6.45, 7) is 3.62.